The fourth-order valence-corrected chi connectivity index (χ4v) is 2.21. The Morgan fingerprint density at radius 1 is 1.15 bits per heavy atom. The largest absolute Gasteiger partial charge is 0.434 e. The minimum Gasteiger partial charge on any atom is -0.434 e. The topological polar surface area (TPSA) is 93.5 Å². The van der Waals surface area contributed by atoms with E-state index in [1.54, 1.807) is 30.3 Å². The van der Waals surface area contributed by atoms with Gasteiger partial charge in [-0.1, -0.05) is 30.3 Å². The highest BCUT2D eigenvalue weighted by atomic mass is 19.3. The minimum absolute atomic E-state index is 0.0328. The highest BCUT2D eigenvalue weighted by molar-refractivity contribution is 5.92. The van der Waals surface area contributed by atoms with Crippen molar-refractivity contribution in [3.8, 4) is 5.75 Å². The van der Waals surface area contributed by atoms with Gasteiger partial charge in [0.25, 0.3) is 5.69 Å². The molecule has 2 N–H and O–H groups in total. The van der Waals surface area contributed by atoms with Crippen LogP contribution in [0.5, 0.6) is 5.75 Å². The lowest BCUT2D eigenvalue weighted by atomic mass is 10.2. The van der Waals surface area contributed by atoms with Crippen molar-refractivity contribution >= 4 is 23.4 Å². The summed E-state index contributed by atoms with van der Waals surface area (Å²) in [6.45, 7) is -2.47. The van der Waals surface area contributed by atoms with Gasteiger partial charge in [-0.05, 0) is 18.2 Å². The first-order chi connectivity index (χ1) is 13.0. The van der Waals surface area contributed by atoms with E-state index in [4.69, 9.17) is 0 Å². The molecule has 0 spiro atoms. The van der Waals surface area contributed by atoms with Gasteiger partial charge in [-0.25, -0.2) is 0 Å². The van der Waals surface area contributed by atoms with E-state index in [0.717, 1.165) is 0 Å². The summed E-state index contributed by atoms with van der Waals surface area (Å²) < 4.78 is 29.1. The van der Waals surface area contributed by atoms with Crippen molar-refractivity contribution in [1.29, 1.82) is 0 Å². The molecule has 0 radical (unpaired) electrons. The van der Waals surface area contributed by atoms with Crippen molar-refractivity contribution in [3.05, 3.63) is 70.3 Å². The van der Waals surface area contributed by atoms with Gasteiger partial charge in [-0.3, -0.25) is 14.9 Å². The molecule has 9 heteroatoms. The maximum absolute atomic E-state index is 12.3. The molecule has 1 amide bonds. The lowest BCUT2D eigenvalue weighted by Gasteiger charge is -2.08. The second-order valence-electron chi connectivity index (χ2n) is 5.24. The summed E-state index contributed by atoms with van der Waals surface area (Å²) in [5.41, 5.74) is 0.635. The maximum atomic E-state index is 12.3. The second-order valence-corrected chi connectivity index (χ2v) is 5.24. The number of hydrogen-bond donors (Lipinski definition) is 2. The van der Waals surface area contributed by atoms with Gasteiger partial charge in [0.2, 0.25) is 5.91 Å². The summed E-state index contributed by atoms with van der Waals surface area (Å²) >= 11 is 0. The number of nitro benzene ring substituents is 1. The summed E-state index contributed by atoms with van der Waals surface area (Å²) in [6.07, 6.45) is 2.56. The van der Waals surface area contributed by atoms with Gasteiger partial charge in [-0.15, -0.1) is 0 Å². The summed E-state index contributed by atoms with van der Waals surface area (Å²) in [5, 5.41) is 16.4. The van der Waals surface area contributed by atoms with E-state index in [0.29, 0.717) is 11.3 Å². The Morgan fingerprint density at radius 2 is 1.85 bits per heavy atom. The van der Waals surface area contributed by atoms with Crippen LogP contribution in [0.15, 0.2) is 54.6 Å². The molecule has 2 aromatic rings. The van der Waals surface area contributed by atoms with Crippen LogP contribution in [0.1, 0.15) is 5.56 Å². The minimum atomic E-state index is -2.96. The van der Waals surface area contributed by atoms with Gasteiger partial charge in [-0.2, -0.15) is 8.78 Å². The molecule has 142 valence electrons. The number of para-hydroxylation sites is 3. The van der Waals surface area contributed by atoms with E-state index in [1.807, 2.05) is 0 Å². The Kier molecular flexibility index (Phi) is 7.24. The first-order valence-electron chi connectivity index (χ1n) is 7.94. The van der Waals surface area contributed by atoms with Crippen LogP contribution in [0.25, 0.3) is 6.08 Å². The Hall–Kier alpha value is -3.49. The highest BCUT2D eigenvalue weighted by Gasteiger charge is 2.11. The van der Waals surface area contributed by atoms with Crippen LogP contribution >= 0.6 is 0 Å². The van der Waals surface area contributed by atoms with E-state index in [9.17, 15) is 23.7 Å². The zero-order chi connectivity index (χ0) is 19.6. The fourth-order valence-electron chi connectivity index (χ4n) is 2.21. The summed E-state index contributed by atoms with van der Waals surface area (Å²) in [4.78, 5) is 22.2. The fraction of sp³-hybridized carbons (Fsp3) is 0.167. The molecular formula is C18H17F2N3O4. The number of anilines is 1. The highest BCUT2D eigenvalue weighted by Crippen LogP contribution is 2.23. The number of carbonyl (C=O) groups is 1. The third-order valence-corrected chi connectivity index (χ3v) is 3.39. The van der Waals surface area contributed by atoms with Crippen LogP contribution in [0.3, 0.4) is 0 Å². The molecule has 0 heterocycles. The number of amides is 1. The molecule has 2 rings (SSSR count). The third-order valence-electron chi connectivity index (χ3n) is 3.39. The zero-order valence-electron chi connectivity index (χ0n) is 14.1. The molecule has 0 saturated heterocycles. The lowest BCUT2D eigenvalue weighted by molar-refractivity contribution is -0.384. The average Bonchev–Trinajstić information content (AvgIpc) is 2.64. The smallest absolute Gasteiger partial charge is 0.387 e. The van der Waals surface area contributed by atoms with Crippen LogP contribution in [0, 0.1) is 10.1 Å². The van der Waals surface area contributed by atoms with Gasteiger partial charge in [0.1, 0.15) is 11.4 Å². The molecule has 0 saturated carbocycles. The number of halogens is 2. The summed E-state index contributed by atoms with van der Waals surface area (Å²) in [7, 11) is 0. The lowest BCUT2D eigenvalue weighted by Crippen LogP contribution is -2.27. The molecule has 0 aliphatic rings. The van der Waals surface area contributed by atoms with E-state index >= 15 is 0 Å². The molecule has 0 bridgehead atoms. The Labute approximate surface area is 153 Å². The predicted octanol–water partition coefficient (Wildman–Crippen LogP) is 3.44. The number of nitrogens with one attached hydrogen (secondary N) is 2. The normalized spacial score (nSPS) is 10.8. The van der Waals surface area contributed by atoms with Crippen molar-refractivity contribution in [3.63, 3.8) is 0 Å². The number of ether oxygens (including phenoxy) is 1. The third kappa shape index (κ3) is 6.38. The van der Waals surface area contributed by atoms with Crippen LogP contribution in [0.2, 0.25) is 0 Å². The number of carbonyl (C=O) groups excluding carboxylic acids is 1. The molecule has 0 aliphatic carbocycles. The summed E-state index contributed by atoms with van der Waals surface area (Å²) in [6, 6.07) is 12.3. The number of hydrogen-bond acceptors (Lipinski definition) is 5. The number of nitro groups is 1. The van der Waals surface area contributed by atoms with E-state index in [-0.39, 0.29) is 24.5 Å². The number of rotatable bonds is 9. The van der Waals surface area contributed by atoms with Gasteiger partial charge >= 0.3 is 6.61 Å². The van der Waals surface area contributed by atoms with Gasteiger partial charge in [0.15, 0.2) is 0 Å². The second kappa shape index (κ2) is 9.85. The standard InChI is InChI=1S/C18H17F2N3O4/c19-18(20)27-16-8-4-1-5-13(16)9-10-17(24)22-12-11-21-14-6-2-3-7-15(14)23(25)26/h1-10,18,21H,11-12H2,(H,22,24)/b10-9+. The van der Waals surface area contributed by atoms with Gasteiger partial charge in [0.05, 0.1) is 4.92 Å². The first-order valence-corrected chi connectivity index (χ1v) is 7.94. The number of alkyl halides is 2. The molecule has 27 heavy (non-hydrogen) atoms. The predicted molar refractivity (Wildman–Crippen MR) is 96.7 cm³/mol. The molecular weight excluding hydrogens is 360 g/mol. The van der Waals surface area contributed by atoms with E-state index < -0.39 is 17.4 Å². The molecule has 0 unspecified atom stereocenters. The molecule has 2 aromatic carbocycles. The number of benzene rings is 2. The quantitative estimate of drug-likeness (QED) is 0.302. The van der Waals surface area contributed by atoms with Crippen molar-refractivity contribution in [2.24, 2.45) is 0 Å². The molecule has 0 aliphatic heterocycles. The molecule has 0 aromatic heterocycles. The molecule has 0 fully saturated rings. The first kappa shape index (κ1) is 19.8. The van der Waals surface area contributed by atoms with Crippen molar-refractivity contribution < 1.29 is 23.2 Å². The van der Waals surface area contributed by atoms with E-state index in [2.05, 4.69) is 15.4 Å². The SMILES string of the molecule is O=C(/C=C/c1ccccc1OC(F)F)NCCNc1ccccc1[N+](=O)[O-]. The van der Waals surface area contributed by atoms with Gasteiger partial charge < -0.3 is 15.4 Å². The van der Waals surface area contributed by atoms with Crippen LogP contribution in [-0.4, -0.2) is 30.5 Å². The van der Waals surface area contributed by atoms with Crippen LogP contribution < -0.4 is 15.4 Å². The molecule has 0 atom stereocenters. The Morgan fingerprint density at radius 3 is 2.59 bits per heavy atom. The van der Waals surface area contributed by atoms with Crippen molar-refractivity contribution in [2.75, 3.05) is 18.4 Å². The van der Waals surface area contributed by atoms with E-state index in [1.165, 1.54) is 30.4 Å². The monoisotopic (exact) mass is 377 g/mol. The Bertz CT molecular complexity index is 828. The van der Waals surface area contributed by atoms with Gasteiger partial charge in [0, 0.05) is 30.8 Å². The zero-order valence-corrected chi connectivity index (χ0v) is 14.1. The summed E-state index contributed by atoms with van der Waals surface area (Å²) in [5.74, 6) is -0.471. The average molecular weight is 377 g/mol. The number of nitrogens with zero attached hydrogens (tertiary/aromatic N) is 1. The molecule has 7 nitrogen and oxygen atoms in total. The van der Waals surface area contributed by atoms with Crippen LogP contribution in [-0.2, 0) is 4.79 Å². The van der Waals surface area contributed by atoms with Crippen molar-refractivity contribution in [1.82, 2.24) is 5.32 Å². The van der Waals surface area contributed by atoms with Crippen molar-refractivity contribution in [2.45, 2.75) is 6.61 Å². The Balaban J connectivity index is 1.84. The van der Waals surface area contributed by atoms with Crippen LogP contribution in [0.4, 0.5) is 20.2 Å². The maximum Gasteiger partial charge on any atom is 0.387 e.